The third-order valence-electron chi connectivity index (χ3n) is 5.35. The highest BCUT2D eigenvalue weighted by atomic mass is 16.1. The summed E-state index contributed by atoms with van der Waals surface area (Å²) < 4.78 is 0. The number of hydrogen-bond donors (Lipinski definition) is 1. The van der Waals surface area contributed by atoms with Crippen LogP contribution in [-0.4, -0.2) is 22.4 Å². The van der Waals surface area contributed by atoms with E-state index >= 15 is 0 Å². The number of anilines is 2. The highest BCUT2D eigenvalue weighted by molar-refractivity contribution is 6.03. The minimum Gasteiger partial charge on any atom is -0.352 e. The zero-order valence-electron chi connectivity index (χ0n) is 17.1. The molecule has 0 bridgehead atoms. The van der Waals surface area contributed by atoms with E-state index in [0.29, 0.717) is 17.4 Å². The van der Waals surface area contributed by atoms with Gasteiger partial charge in [-0.3, -0.25) is 4.79 Å². The molecule has 0 saturated carbocycles. The topological polar surface area (TPSA) is 58.1 Å². The van der Waals surface area contributed by atoms with Gasteiger partial charge in [0.1, 0.15) is 17.3 Å². The molecule has 3 aromatic rings. The molecule has 0 aliphatic carbocycles. The van der Waals surface area contributed by atoms with Gasteiger partial charge in [0.2, 0.25) is 0 Å². The maximum absolute atomic E-state index is 12.8. The average Bonchev–Trinajstić information content (AvgIpc) is 2.73. The molecule has 0 atom stereocenters. The van der Waals surface area contributed by atoms with Gasteiger partial charge in [0, 0.05) is 24.8 Å². The minimum absolute atomic E-state index is 0.216. The smallest absolute Gasteiger partial charge is 0.274 e. The Balaban J connectivity index is 1.53. The predicted molar refractivity (Wildman–Crippen MR) is 116 cm³/mol. The van der Waals surface area contributed by atoms with Crippen LogP contribution in [0.3, 0.4) is 0 Å². The van der Waals surface area contributed by atoms with Crippen molar-refractivity contribution in [2.75, 3.05) is 16.8 Å². The van der Waals surface area contributed by atoms with Crippen molar-refractivity contribution >= 4 is 17.4 Å². The monoisotopic (exact) mass is 386 g/mol. The molecule has 5 heteroatoms. The quantitative estimate of drug-likeness (QED) is 0.705. The summed E-state index contributed by atoms with van der Waals surface area (Å²) in [5.41, 5.74) is 5.10. The Kier molecular flexibility index (Phi) is 5.30. The Morgan fingerprint density at radius 1 is 1.03 bits per heavy atom. The molecule has 2 aromatic carbocycles. The van der Waals surface area contributed by atoms with E-state index in [1.807, 2.05) is 31.2 Å². The van der Waals surface area contributed by atoms with Crippen molar-refractivity contribution in [1.82, 2.24) is 9.97 Å². The van der Waals surface area contributed by atoms with E-state index in [2.05, 4.69) is 58.3 Å². The number of fused-ring (bicyclic) bond motifs is 1. The first-order valence-electron chi connectivity index (χ1n) is 10.1. The van der Waals surface area contributed by atoms with Gasteiger partial charge in [-0.25, -0.2) is 9.97 Å². The zero-order valence-corrected chi connectivity index (χ0v) is 17.1. The van der Waals surface area contributed by atoms with Crippen LogP contribution in [0.5, 0.6) is 0 Å². The van der Waals surface area contributed by atoms with Crippen molar-refractivity contribution in [2.24, 2.45) is 0 Å². The van der Waals surface area contributed by atoms with Gasteiger partial charge in [-0.1, -0.05) is 50.2 Å². The summed E-state index contributed by atoms with van der Waals surface area (Å²) in [5.74, 6) is 1.64. The number of carbonyl (C=O) groups is 1. The molecule has 0 saturated heterocycles. The van der Waals surface area contributed by atoms with Crippen molar-refractivity contribution in [3.63, 3.8) is 0 Å². The highest BCUT2D eigenvalue weighted by Crippen LogP contribution is 2.24. The second-order valence-electron chi connectivity index (χ2n) is 7.83. The third kappa shape index (κ3) is 4.29. The van der Waals surface area contributed by atoms with E-state index in [1.165, 1.54) is 16.7 Å². The van der Waals surface area contributed by atoms with Crippen molar-refractivity contribution < 1.29 is 4.79 Å². The number of nitrogens with one attached hydrogen (secondary N) is 1. The number of carbonyl (C=O) groups excluding carboxylic acids is 1. The lowest BCUT2D eigenvalue weighted by molar-refractivity contribution is 0.102. The van der Waals surface area contributed by atoms with Gasteiger partial charge in [0.25, 0.3) is 5.91 Å². The standard InChI is InChI=1S/C24H26N4O/c1-16(2)18-8-10-21(11-9-18)27-24(29)22-14-23(26-17(3)25-22)28-13-12-19-6-4-5-7-20(19)15-28/h4-11,14,16H,12-13,15H2,1-3H3,(H,27,29). The van der Waals surface area contributed by atoms with Gasteiger partial charge in [0.05, 0.1) is 0 Å². The summed E-state index contributed by atoms with van der Waals surface area (Å²) in [6.45, 7) is 7.81. The SMILES string of the molecule is Cc1nc(C(=O)Nc2ccc(C(C)C)cc2)cc(N2CCc3ccccc3C2)n1. The lowest BCUT2D eigenvalue weighted by Gasteiger charge is -2.30. The number of benzene rings is 2. The maximum Gasteiger partial charge on any atom is 0.274 e. The van der Waals surface area contributed by atoms with Crippen LogP contribution in [0.2, 0.25) is 0 Å². The van der Waals surface area contributed by atoms with Crippen LogP contribution in [-0.2, 0) is 13.0 Å². The van der Waals surface area contributed by atoms with Gasteiger partial charge in [-0.2, -0.15) is 0 Å². The lowest BCUT2D eigenvalue weighted by atomic mass is 10.00. The Labute approximate surface area is 171 Å². The fourth-order valence-electron chi connectivity index (χ4n) is 3.67. The normalized spacial score (nSPS) is 13.3. The van der Waals surface area contributed by atoms with Crippen LogP contribution in [0.25, 0.3) is 0 Å². The van der Waals surface area contributed by atoms with Crippen molar-refractivity contribution in [3.05, 3.63) is 82.8 Å². The number of rotatable bonds is 4. The number of hydrogen-bond acceptors (Lipinski definition) is 4. The molecule has 1 amide bonds. The largest absolute Gasteiger partial charge is 0.352 e. The van der Waals surface area contributed by atoms with Crippen molar-refractivity contribution in [1.29, 1.82) is 0 Å². The Morgan fingerprint density at radius 3 is 2.48 bits per heavy atom. The maximum atomic E-state index is 12.8. The van der Waals surface area contributed by atoms with E-state index in [0.717, 1.165) is 31.0 Å². The average molecular weight is 386 g/mol. The fourth-order valence-corrected chi connectivity index (χ4v) is 3.67. The second kappa shape index (κ2) is 8.03. The zero-order chi connectivity index (χ0) is 20.4. The molecule has 1 aliphatic rings. The van der Waals surface area contributed by atoms with Crippen molar-refractivity contribution in [2.45, 2.75) is 39.7 Å². The van der Waals surface area contributed by atoms with Gasteiger partial charge in [-0.05, 0) is 48.1 Å². The molecular formula is C24H26N4O. The third-order valence-corrected chi connectivity index (χ3v) is 5.35. The van der Waals surface area contributed by atoms with E-state index in [1.54, 1.807) is 6.07 Å². The first-order chi connectivity index (χ1) is 14.0. The molecule has 2 heterocycles. The van der Waals surface area contributed by atoms with Crippen LogP contribution >= 0.6 is 0 Å². The molecule has 5 nitrogen and oxygen atoms in total. The molecular weight excluding hydrogens is 360 g/mol. The Hall–Kier alpha value is -3.21. The summed E-state index contributed by atoms with van der Waals surface area (Å²) in [4.78, 5) is 24.0. The van der Waals surface area contributed by atoms with Gasteiger partial charge in [-0.15, -0.1) is 0 Å². The molecule has 1 N–H and O–H groups in total. The summed E-state index contributed by atoms with van der Waals surface area (Å²) in [6, 6.07) is 18.2. The van der Waals surface area contributed by atoms with E-state index in [-0.39, 0.29) is 5.91 Å². The summed E-state index contributed by atoms with van der Waals surface area (Å²) >= 11 is 0. The van der Waals surface area contributed by atoms with Crippen LogP contribution in [0.4, 0.5) is 11.5 Å². The summed E-state index contributed by atoms with van der Waals surface area (Å²) in [6.07, 6.45) is 0.975. The number of aryl methyl sites for hydroxylation is 1. The molecule has 0 spiro atoms. The number of amides is 1. The van der Waals surface area contributed by atoms with Gasteiger partial charge >= 0.3 is 0 Å². The second-order valence-corrected chi connectivity index (χ2v) is 7.83. The molecule has 4 rings (SSSR count). The Bertz CT molecular complexity index is 1030. The van der Waals surface area contributed by atoms with Crippen molar-refractivity contribution in [3.8, 4) is 0 Å². The molecule has 0 unspecified atom stereocenters. The van der Waals surface area contributed by atoms with E-state index in [4.69, 9.17) is 0 Å². The Morgan fingerprint density at radius 2 is 1.76 bits per heavy atom. The first-order valence-corrected chi connectivity index (χ1v) is 10.1. The van der Waals surface area contributed by atoms with E-state index < -0.39 is 0 Å². The number of nitrogens with zero attached hydrogens (tertiary/aromatic N) is 3. The van der Waals surface area contributed by atoms with Gasteiger partial charge < -0.3 is 10.2 Å². The van der Waals surface area contributed by atoms with E-state index in [9.17, 15) is 4.79 Å². The van der Waals surface area contributed by atoms with Gasteiger partial charge in [0.15, 0.2) is 0 Å². The lowest BCUT2D eigenvalue weighted by Crippen LogP contribution is -2.31. The van der Waals surface area contributed by atoms with Crippen LogP contribution in [0.1, 0.15) is 52.8 Å². The summed E-state index contributed by atoms with van der Waals surface area (Å²) in [5, 5.41) is 2.95. The molecule has 29 heavy (non-hydrogen) atoms. The predicted octanol–water partition coefficient (Wildman–Crippen LogP) is 4.72. The molecule has 0 fully saturated rings. The van der Waals surface area contributed by atoms with Crippen LogP contribution in [0.15, 0.2) is 54.6 Å². The fraction of sp³-hybridized carbons (Fsp3) is 0.292. The molecule has 0 radical (unpaired) electrons. The first kappa shape index (κ1) is 19.1. The highest BCUT2D eigenvalue weighted by Gasteiger charge is 2.19. The number of aromatic nitrogens is 2. The van der Waals surface area contributed by atoms with Crippen LogP contribution in [0, 0.1) is 6.92 Å². The van der Waals surface area contributed by atoms with Crippen LogP contribution < -0.4 is 10.2 Å². The molecule has 1 aromatic heterocycles. The summed E-state index contributed by atoms with van der Waals surface area (Å²) in [7, 11) is 0. The molecule has 1 aliphatic heterocycles. The molecule has 148 valence electrons. The minimum atomic E-state index is -0.216.